The maximum atomic E-state index is 9.75. The van der Waals surface area contributed by atoms with E-state index >= 15 is 0 Å². The van der Waals surface area contributed by atoms with Gasteiger partial charge in [0.05, 0.1) is 0 Å². The smallest absolute Gasteiger partial charge is 0.500 e. The molecule has 0 spiro atoms. The number of halogens is 4. The molecule has 0 N–H and O–H groups in total. The van der Waals surface area contributed by atoms with Gasteiger partial charge in [-0.25, -0.2) is 0 Å². The number of hydrogen-bond donors (Lipinski definition) is 0. The Morgan fingerprint density at radius 2 is 0.909 bits per heavy atom. The molecule has 0 heterocycles. The minimum atomic E-state index is -6.00. The van der Waals surface area contributed by atoms with Crippen molar-refractivity contribution in [2.45, 2.75) is 51.4 Å². The zero-order chi connectivity index (χ0) is 15.8. The van der Waals surface area contributed by atoms with Crippen molar-refractivity contribution in [3.63, 3.8) is 0 Å². The Kier molecular flexibility index (Phi) is 18.0. The number of allylic oxidation sites excluding steroid dienone is 8. The number of rotatable bonds is 0. The quantitative estimate of drug-likeness (QED) is 0.162. The van der Waals surface area contributed by atoms with Gasteiger partial charge in [0.15, 0.2) is 0 Å². The minimum absolute atomic E-state index is 0. The molecule has 0 aromatic heterocycles. The molecule has 0 amide bonds. The Balaban J connectivity index is 0. The van der Waals surface area contributed by atoms with Gasteiger partial charge in [-0.3, -0.25) is 12.2 Å². The molecule has 0 fully saturated rings. The summed E-state index contributed by atoms with van der Waals surface area (Å²) in [7, 11) is -6.00. The van der Waals surface area contributed by atoms with Crippen LogP contribution in [0, 0.1) is 12.2 Å². The number of hydrogen-bond acceptors (Lipinski definition) is 0. The first-order valence-electron chi connectivity index (χ1n) is 7.27. The predicted octanol–water partition coefficient (Wildman–Crippen LogP) is 6.25. The second-order valence-corrected chi connectivity index (χ2v) is 4.49. The molecular formula is C16H22BF4Ir-3. The van der Waals surface area contributed by atoms with Gasteiger partial charge in [0.25, 0.3) is 0 Å². The molecule has 0 saturated carbocycles. The van der Waals surface area contributed by atoms with Gasteiger partial charge in [0, 0.05) is 20.1 Å². The van der Waals surface area contributed by atoms with Crippen LogP contribution in [-0.4, -0.2) is 7.25 Å². The van der Waals surface area contributed by atoms with Crippen molar-refractivity contribution in [2.75, 3.05) is 0 Å². The topological polar surface area (TPSA) is 0 Å². The predicted molar refractivity (Wildman–Crippen MR) is 81.0 cm³/mol. The Labute approximate surface area is 144 Å². The normalized spacial score (nSPS) is 17.3. The van der Waals surface area contributed by atoms with E-state index in [0.717, 1.165) is 12.8 Å². The van der Waals surface area contributed by atoms with Gasteiger partial charge < -0.3 is 29.4 Å². The van der Waals surface area contributed by atoms with Crippen LogP contribution >= 0.6 is 0 Å². The molecule has 0 nitrogen and oxygen atoms in total. The van der Waals surface area contributed by atoms with E-state index in [1.54, 1.807) is 0 Å². The summed E-state index contributed by atoms with van der Waals surface area (Å²) in [6, 6.07) is 0. The van der Waals surface area contributed by atoms with Crippen LogP contribution in [0.3, 0.4) is 0 Å². The molecule has 2 rings (SSSR count). The molecule has 22 heavy (non-hydrogen) atoms. The molecule has 0 saturated heterocycles. The monoisotopic (exact) mass is 494 g/mol. The SMILES string of the molecule is F[B-](F)(F)F.[C-]1=CCCC=CCC1.[C-]1=CCCC=CCC1.[Ir]. The van der Waals surface area contributed by atoms with E-state index in [1.165, 1.54) is 38.5 Å². The summed E-state index contributed by atoms with van der Waals surface area (Å²) >= 11 is 0. The zero-order valence-corrected chi connectivity index (χ0v) is 14.9. The van der Waals surface area contributed by atoms with Gasteiger partial charge in [0.1, 0.15) is 0 Å². The van der Waals surface area contributed by atoms with Gasteiger partial charge >= 0.3 is 7.25 Å². The Morgan fingerprint density at radius 3 is 1.27 bits per heavy atom. The molecule has 1 radical (unpaired) electrons. The van der Waals surface area contributed by atoms with E-state index in [1.807, 2.05) is 0 Å². The summed E-state index contributed by atoms with van der Waals surface area (Å²) in [4.78, 5) is 0. The van der Waals surface area contributed by atoms with Gasteiger partial charge in [0.2, 0.25) is 0 Å². The van der Waals surface area contributed by atoms with Gasteiger partial charge in [-0.15, -0.1) is 0 Å². The molecule has 0 bridgehead atoms. The van der Waals surface area contributed by atoms with Crippen LogP contribution < -0.4 is 0 Å². The van der Waals surface area contributed by atoms with E-state index in [2.05, 4.69) is 48.6 Å². The van der Waals surface area contributed by atoms with E-state index in [-0.39, 0.29) is 20.1 Å². The average molecular weight is 493 g/mol. The van der Waals surface area contributed by atoms with Gasteiger partial charge in [-0.05, 0) is 12.8 Å². The molecule has 0 atom stereocenters. The second-order valence-electron chi connectivity index (χ2n) is 4.49. The Hall–Kier alpha value is -0.606. The summed E-state index contributed by atoms with van der Waals surface area (Å²) in [5, 5.41) is 0. The van der Waals surface area contributed by atoms with E-state index in [9.17, 15) is 17.3 Å². The summed E-state index contributed by atoms with van der Waals surface area (Å²) in [6.45, 7) is 0. The van der Waals surface area contributed by atoms with Crippen molar-refractivity contribution >= 4 is 7.25 Å². The van der Waals surface area contributed by atoms with Crippen molar-refractivity contribution in [2.24, 2.45) is 0 Å². The summed E-state index contributed by atoms with van der Waals surface area (Å²) < 4.78 is 39.0. The maximum Gasteiger partial charge on any atom is 0.673 e. The van der Waals surface area contributed by atoms with Crippen LogP contribution in [0.15, 0.2) is 36.5 Å². The fraction of sp³-hybridized carbons (Fsp3) is 0.500. The van der Waals surface area contributed by atoms with Gasteiger partial charge in [-0.2, -0.15) is 12.8 Å². The summed E-state index contributed by atoms with van der Waals surface area (Å²) in [6.07, 6.45) is 29.0. The fourth-order valence-electron chi connectivity index (χ4n) is 1.57. The van der Waals surface area contributed by atoms with Crippen LogP contribution in [-0.2, 0) is 20.1 Å². The largest absolute Gasteiger partial charge is 0.673 e. The third-order valence-corrected chi connectivity index (χ3v) is 2.49. The summed E-state index contributed by atoms with van der Waals surface area (Å²) in [5.41, 5.74) is 0. The molecule has 2 aliphatic carbocycles. The van der Waals surface area contributed by atoms with E-state index < -0.39 is 7.25 Å². The molecule has 129 valence electrons. The van der Waals surface area contributed by atoms with Crippen LogP contribution in [0.1, 0.15) is 51.4 Å². The van der Waals surface area contributed by atoms with Crippen molar-refractivity contribution in [1.82, 2.24) is 0 Å². The third-order valence-electron chi connectivity index (χ3n) is 2.49. The zero-order valence-electron chi connectivity index (χ0n) is 12.5. The first kappa shape index (κ1) is 23.7. The Bertz CT molecular complexity index is 261. The van der Waals surface area contributed by atoms with Crippen LogP contribution in [0.5, 0.6) is 0 Å². The molecule has 2 aliphatic rings. The average Bonchev–Trinajstić information content (AvgIpc) is 2.24. The summed E-state index contributed by atoms with van der Waals surface area (Å²) in [5.74, 6) is 0. The van der Waals surface area contributed by atoms with Crippen molar-refractivity contribution in [3.05, 3.63) is 48.6 Å². The second kappa shape index (κ2) is 16.8. The van der Waals surface area contributed by atoms with Gasteiger partial charge in [-0.1, -0.05) is 50.0 Å². The standard InChI is InChI=1S/2C8H11.BF4.Ir/c2*1-2-4-6-8-7-5-3-1;2-1(3,4)5;/h2*1-2,7H,3-6H2;;/q3*-1;. The minimum Gasteiger partial charge on any atom is -0.500 e. The van der Waals surface area contributed by atoms with Crippen LogP contribution in [0.4, 0.5) is 17.3 Å². The molecule has 0 unspecified atom stereocenters. The van der Waals surface area contributed by atoms with Crippen molar-refractivity contribution < 1.29 is 37.4 Å². The van der Waals surface area contributed by atoms with E-state index in [0.29, 0.717) is 0 Å². The van der Waals surface area contributed by atoms with Crippen LogP contribution in [0.2, 0.25) is 0 Å². The molecule has 0 aromatic rings. The first-order valence-corrected chi connectivity index (χ1v) is 7.27. The maximum absolute atomic E-state index is 9.75. The van der Waals surface area contributed by atoms with Crippen LogP contribution in [0.25, 0.3) is 0 Å². The molecular weight excluding hydrogens is 471 g/mol. The third kappa shape index (κ3) is 27.7. The molecule has 0 aliphatic heterocycles. The fourth-order valence-corrected chi connectivity index (χ4v) is 1.57. The Morgan fingerprint density at radius 1 is 0.591 bits per heavy atom. The van der Waals surface area contributed by atoms with Crippen molar-refractivity contribution in [1.29, 1.82) is 0 Å². The molecule has 0 aromatic carbocycles. The molecule has 6 heteroatoms. The van der Waals surface area contributed by atoms with Crippen molar-refractivity contribution in [3.8, 4) is 0 Å². The first-order chi connectivity index (χ1) is 10.0. The van der Waals surface area contributed by atoms with E-state index in [4.69, 9.17) is 0 Å².